The number of nitrogens with one attached hydrogen (secondary N) is 2. The van der Waals surface area contributed by atoms with Crippen LogP contribution < -0.4 is 10.6 Å². The van der Waals surface area contributed by atoms with Crippen LogP contribution in [0.25, 0.3) is 0 Å². The lowest BCUT2D eigenvalue weighted by Gasteiger charge is -2.52. The van der Waals surface area contributed by atoms with Gasteiger partial charge in [-0.15, -0.1) is 0 Å². The highest BCUT2D eigenvalue weighted by atomic mass is 19.1. The van der Waals surface area contributed by atoms with Gasteiger partial charge in [0, 0.05) is 24.2 Å². The molecule has 7 heteroatoms. The maximum atomic E-state index is 14.4. The van der Waals surface area contributed by atoms with E-state index in [-0.39, 0.29) is 5.78 Å². The molecule has 4 atom stereocenters. The largest absolute Gasteiger partial charge is 0.302 e. The number of halogens is 4. The second-order valence-electron chi connectivity index (χ2n) is 9.90. The monoisotopic (exact) mass is 516 g/mol. The highest BCUT2D eigenvalue weighted by molar-refractivity contribution is 5.89. The molecule has 0 amide bonds. The molecular formula is C31H24F4N2O. The first-order valence-electron chi connectivity index (χ1n) is 12.5. The minimum Gasteiger partial charge on any atom is -0.302 e. The van der Waals surface area contributed by atoms with Crippen molar-refractivity contribution in [3.63, 3.8) is 0 Å². The van der Waals surface area contributed by atoms with Crippen molar-refractivity contribution in [1.82, 2.24) is 10.6 Å². The van der Waals surface area contributed by atoms with Gasteiger partial charge in [0.1, 0.15) is 29.1 Å². The van der Waals surface area contributed by atoms with Gasteiger partial charge >= 0.3 is 0 Å². The molecule has 2 bridgehead atoms. The lowest BCUT2D eigenvalue weighted by molar-refractivity contribution is -0.139. The number of hydrogen-bond acceptors (Lipinski definition) is 3. The molecule has 2 N–H and O–H groups in total. The maximum Gasteiger partial charge on any atom is 0.146 e. The summed E-state index contributed by atoms with van der Waals surface area (Å²) in [6.07, 6.45) is 0. The molecule has 0 aromatic heterocycles. The predicted molar refractivity (Wildman–Crippen MR) is 135 cm³/mol. The second kappa shape index (κ2) is 9.82. The molecule has 3 nitrogen and oxygen atoms in total. The van der Waals surface area contributed by atoms with Crippen molar-refractivity contribution >= 4 is 5.78 Å². The third kappa shape index (κ3) is 4.42. The molecule has 4 aromatic carbocycles. The minimum atomic E-state index is -0.607. The Bertz CT molecular complexity index is 1230. The molecule has 38 heavy (non-hydrogen) atoms. The topological polar surface area (TPSA) is 41.1 Å². The number of ketones is 1. The van der Waals surface area contributed by atoms with E-state index in [2.05, 4.69) is 10.6 Å². The Kier molecular flexibility index (Phi) is 6.33. The van der Waals surface area contributed by atoms with E-state index in [1.54, 1.807) is 48.5 Å². The van der Waals surface area contributed by atoms with Crippen LogP contribution in [0, 0.1) is 35.1 Å². The molecule has 2 fully saturated rings. The highest BCUT2D eigenvalue weighted by Gasteiger charge is 2.55. The Morgan fingerprint density at radius 2 is 0.605 bits per heavy atom. The first-order chi connectivity index (χ1) is 18.4. The molecule has 0 spiro atoms. The molecular weight excluding hydrogens is 492 g/mol. The van der Waals surface area contributed by atoms with Crippen LogP contribution in [-0.2, 0) is 4.79 Å². The summed E-state index contributed by atoms with van der Waals surface area (Å²) in [6.45, 7) is 0. The summed E-state index contributed by atoms with van der Waals surface area (Å²) in [5, 5.41) is 7.25. The highest BCUT2D eigenvalue weighted by Crippen LogP contribution is 2.52. The summed E-state index contributed by atoms with van der Waals surface area (Å²) in [6, 6.07) is 22.0. The van der Waals surface area contributed by atoms with Gasteiger partial charge in [0.15, 0.2) is 0 Å². The number of hydrogen-bond donors (Lipinski definition) is 2. The van der Waals surface area contributed by atoms with Crippen LogP contribution in [-0.4, -0.2) is 5.78 Å². The fourth-order valence-electron chi connectivity index (χ4n) is 5.96. The van der Waals surface area contributed by atoms with E-state index in [1.807, 2.05) is 0 Å². The van der Waals surface area contributed by atoms with E-state index in [0.717, 1.165) is 22.3 Å². The van der Waals surface area contributed by atoms with E-state index in [1.165, 1.54) is 48.5 Å². The van der Waals surface area contributed by atoms with Crippen LogP contribution in [0.1, 0.15) is 46.4 Å². The smallest absolute Gasteiger partial charge is 0.146 e. The Morgan fingerprint density at radius 1 is 0.395 bits per heavy atom. The van der Waals surface area contributed by atoms with Crippen LogP contribution in [0.15, 0.2) is 97.1 Å². The van der Waals surface area contributed by atoms with E-state index in [9.17, 15) is 22.4 Å². The molecule has 4 aromatic rings. The standard InChI is InChI=1S/C31H24F4N2O/c32-21-9-1-17(2-10-21)27-25-28(18-3-11-22(33)12-4-18)37-30(20-7-15-24(35)16-8-20)26(31(25)38)29(36-27)19-5-13-23(34)14-6-19/h1-16,25-30,36-37H/t25?,26?,27-,28-,29+,30+. The average Bonchev–Trinajstić information content (AvgIpc) is 2.91. The number of fused-ring (bicyclic) bond motifs is 2. The average molecular weight is 517 g/mol. The zero-order valence-electron chi connectivity index (χ0n) is 20.1. The normalized spacial score (nSPS) is 26.8. The van der Waals surface area contributed by atoms with Gasteiger partial charge in [-0.05, 0) is 70.8 Å². The van der Waals surface area contributed by atoms with Crippen molar-refractivity contribution in [3.8, 4) is 0 Å². The number of carbonyl (C=O) groups excluding carboxylic acids is 1. The van der Waals surface area contributed by atoms with Crippen molar-refractivity contribution < 1.29 is 22.4 Å². The molecule has 0 radical (unpaired) electrons. The number of rotatable bonds is 4. The number of carbonyl (C=O) groups is 1. The molecule has 192 valence electrons. The number of Topliss-reactive ketones (excluding diaryl/α,β-unsaturated/α-hetero) is 1. The second-order valence-corrected chi connectivity index (χ2v) is 9.90. The van der Waals surface area contributed by atoms with Crippen LogP contribution >= 0.6 is 0 Å². The third-order valence-electron chi connectivity index (χ3n) is 7.73. The number of benzene rings is 4. The number of piperidine rings is 2. The van der Waals surface area contributed by atoms with Gasteiger partial charge in [-0.3, -0.25) is 4.79 Å². The summed E-state index contributed by atoms with van der Waals surface area (Å²) < 4.78 is 55.2. The van der Waals surface area contributed by atoms with Crippen LogP contribution in [0.5, 0.6) is 0 Å². The minimum absolute atomic E-state index is 0.0326. The molecule has 0 saturated carbocycles. The molecule has 2 aliphatic heterocycles. The van der Waals surface area contributed by atoms with E-state index >= 15 is 0 Å². The lowest BCUT2D eigenvalue weighted by Crippen LogP contribution is -2.60. The van der Waals surface area contributed by atoms with Crippen molar-refractivity contribution in [2.75, 3.05) is 0 Å². The fourth-order valence-corrected chi connectivity index (χ4v) is 5.96. The van der Waals surface area contributed by atoms with E-state index < -0.39 is 59.3 Å². The van der Waals surface area contributed by atoms with Gasteiger partial charge in [0.25, 0.3) is 0 Å². The molecule has 6 rings (SSSR count). The van der Waals surface area contributed by atoms with Gasteiger partial charge in [0.05, 0.1) is 11.8 Å². The van der Waals surface area contributed by atoms with Crippen LogP contribution in [0.4, 0.5) is 17.6 Å². The van der Waals surface area contributed by atoms with Crippen LogP contribution in [0.2, 0.25) is 0 Å². The lowest BCUT2D eigenvalue weighted by atomic mass is 9.64. The maximum absolute atomic E-state index is 14.4. The molecule has 0 unspecified atom stereocenters. The van der Waals surface area contributed by atoms with Gasteiger partial charge in [-0.2, -0.15) is 0 Å². The van der Waals surface area contributed by atoms with E-state index in [4.69, 9.17) is 0 Å². The molecule has 2 aliphatic rings. The Balaban J connectivity index is 1.51. The summed E-state index contributed by atoms with van der Waals surface area (Å²) in [7, 11) is 0. The summed E-state index contributed by atoms with van der Waals surface area (Å²) in [5.74, 6) is -2.81. The van der Waals surface area contributed by atoms with Gasteiger partial charge < -0.3 is 10.6 Å². The Labute approximate surface area is 217 Å². The van der Waals surface area contributed by atoms with Gasteiger partial charge in [-0.1, -0.05) is 48.5 Å². The first-order valence-corrected chi connectivity index (χ1v) is 12.5. The van der Waals surface area contributed by atoms with Crippen LogP contribution in [0.3, 0.4) is 0 Å². The molecule has 2 saturated heterocycles. The van der Waals surface area contributed by atoms with Gasteiger partial charge in [-0.25, -0.2) is 17.6 Å². The van der Waals surface area contributed by atoms with Crippen molar-refractivity contribution in [1.29, 1.82) is 0 Å². The SMILES string of the molecule is O=C1C2[C@@H](c3ccc(F)cc3)N[C@@H](c3ccc(F)cc3)C1[C@H](c1ccc(F)cc1)N[C@@H]2c1ccc(F)cc1. The van der Waals surface area contributed by atoms with Crippen molar-refractivity contribution in [2.24, 2.45) is 11.8 Å². The summed E-state index contributed by atoms with van der Waals surface area (Å²) in [4.78, 5) is 14.4. The summed E-state index contributed by atoms with van der Waals surface area (Å²) >= 11 is 0. The van der Waals surface area contributed by atoms with Gasteiger partial charge in [0.2, 0.25) is 0 Å². The quantitative estimate of drug-likeness (QED) is 0.304. The summed E-state index contributed by atoms with van der Waals surface area (Å²) in [5.41, 5.74) is 2.91. The van der Waals surface area contributed by atoms with Crippen molar-refractivity contribution in [3.05, 3.63) is 143 Å². The Hall–Kier alpha value is -3.81. The molecule has 2 heterocycles. The van der Waals surface area contributed by atoms with E-state index in [0.29, 0.717) is 0 Å². The zero-order chi connectivity index (χ0) is 26.4. The first kappa shape index (κ1) is 24.5. The third-order valence-corrected chi connectivity index (χ3v) is 7.73. The van der Waals surface area contributed by atoms with Crippen molar-refractivity contribution in [2.45, 2.75) is 24.2 Å². The fraction of sp³-hybridized carbons (Fsp3) is 0.194. The predicted octanol–water partition coefficient (Wildman–Crippen LogP) is 6.52. The zero-order valence-corrected chi connectivity index (χ0v) is 20.1. The molecule has 0 aliphatic carbocycles. The Morgan fingerprint density at radius 3 is 0.816 bits per heavy atom.